The molecule has 65 heavy (non-hydrogen) atoms. The van der Waals surface area contributed by atoms with Gasteiger partial charge >= 0.3 is 0 Å². The van der Waals surface area contributed by atoms with Crippen LogP contribution in [-0.2, 0) is 10.8 Å². The van der Waals surface area contributed by atoms with Crippen LogP contribution in [0.15, 0.2) is 261 Å². The van der Waals surface area contributed by atoms with Crippen molar-refractivity contribution in [3.8, 4) is 22.3 Å². The summed E-state index contributed by atoms with van der Waals surface area (Å²) in [7, 11) is 0. The molecule has 0 bridgehead atoms. The van der Waals surface area contributed by atoms with E-state index >= 15 is 0 Å². The average Bonchev–Trinajstić information content (AvgIpc) is 3.68. The number of benzene rings is 11. The first-order valence-corrected chi connectivity index (χ1v) is 22.7. The van der Waals surface area contributed by atoms with Crippen LogP contribution in [0.2, 0.25) is 0 Å². The van der Waals surface area contributed by atoms with Crippen LogP contribution in [0.4, 0.5) is 17.1 Å². The highest BCUT2D eigenvalue weighted by molar-refractivity contribution is 6.05. The summed E-state index contributed by atoms with van der Waals surface area (Å²) >= 11 is 0. The van der Waals surface area contributed by atoms with Crippen molar-refractivity contribution in [2.45, 2.75) is 10.8 Å². The van der Waals surface area contributed by atoms with Gasteiger partial charge in [0, 0.05) is 16.5 Å². The summed E-state index contributed by atoms with van der Waals surface area (Å²) < 4.78 is 0. The van der Waals surface area contributed by atoms with E-state index in [1.165, 1.54) is 88.3 Å². The molecule has 1 nitrogen and oxygen atoms in total. The van der Waals surface area contributed by atoms with Gasteiger partial charge in [0.05, 0.1) is 22.2 Å². The molecular formula is C64H43N. The quantitative estimate of drug-likeness (QED) is 0.161. The van der Waals surface area contributed by atoms with Crippen LogP contribution in [0.25, 0.3) is 43.8 Å². The lowest BCUT2D eigenvalue weighted by Gasteiger charge is -2.50. The second-order valence-electron chi connectivity index (χ2n) is 17.5. The van der Waals surface area contributed by atoms with Gasteiger partial charge in [0.2, 0.25) is 0 Å². The molecule has 2 aliphatic rings. The third-order valence-electron chi connectivity index (χ3n) is 14.4. The Labute approximate surface area is 380 Å². The van der Waals surface area contributed by atoms with Gasteiger partial charge in [0.25, 0.3) is 0 Å². The molecule has 0 N–H and O–H groups in total. The normalized spacial score (nSPS) is 13.8. The van der Waals surface area contributed by atoms with Crippen LogP contribution in [0, 0.1) is 0 Å². The summed E-state index contributed by atoms with van der Waals surface area (Å²) in [5, 5.41) is 4.86. The van der Waals surface area contributed by atoms with Crippen molar-refractivity contribution in [2.75, 3.05) is 4.90 Å². The van der Waals surface area contributed by atoms with Gasteiger partial charge in [-0.15, -0.1) is 0 Å². The van der Waals surface area contributed by atoms with Gasteiger partial charge < -0.3 is 4.90 Å². The molecule has 304 valence electrons. The largest absolute Gasteiger partial charge is 0.309 e. The van der Waals surface area contributed by atoms with E-state index in [9.17, 15) is 0 Å². The molecular weight excluding hydrogens is 783 g/mol. The van der Waals surface area contributed by atoms with Crippen LogP contribution in [-0.4, -0.2) is 0 Å². The number of rotatable bonds is 6. The lowest BCUT2D eigenvalue weighted by atomic mass is 9.51. The minimum absolute atomic E-state index is 0.536. The lowest BCUT2D eigenvalue weighted by Crippen LogP contribution is -2.44. The Hall–Kier alpha value is -8.26. The zero-order valence-corrected chi connectivity index (χ0v) is 35.8. The van der Waals surface area contributed by atoms with Crippen LogP contribution in [0.3, 0.4) is 0 Å². The van der Waals surface area contributed by atoms with Crippen LogP contribution in [0.1, 0.15) is 44.5 Å². The second-order valence-corrected chi connectivity index (χ2v) is 17.5. The number of hydrogen-bond donors (Lipinski definition) is 0. The highest BCUT2D eigenvalue weighted by Crippen LogP contribution is 2.65. The second kappa shape index (κ2) is 14.7. The molecule has 0 atom stereocenters. The van der Waals surface area contributed by atoms with E-state index in [0.29, 0.717) is 0 Å². The van der Waals surface area contributed by atoms with Gasteiger partial charge in [0.15, 0.2) is 0 Å². The molecule has 0 heterocycles. The van der Waals surface area contributed by atoms with E-state index in [2.05, 4.69) is 266 Å². The fourth-order valence-electron chi connectivity index (χ4n) is 11.9. The number of nitrogens with zero attached hydrogens (tertiary/aromatic N) is 1. The molecule has 0 amide bonds. The number of anilines is 3. The highest BCUT2D eigenvalue weighted by Gasteiger charge is 2.56. The van der Waals surface area contributed by atoms with Crippen molar-refractivity contribution >= 4 is 38.6 Å². The van der Waals surface area contributed by atoms with Crippen molar-refractivity contribution in [3.05, 3.63) is 305 Å². The average molecular weight is 826 g/mol. The molecule has 11 aromatic carbocycles. The third kappa shape index (κ3) is 5.27. The van der Waals surface area contributed by atoms with Gasteiger partial charge in [-0.3, -0.25) is 0 Å². The molecule has 0 aliphatic heterocycles. The highest BCUT2D eigenvalue weighted by atomic mass is 15.1. The molecule has 0 saturated carbocycles. The fraction of sp³-hybridized carbons (Fsp3) is 0.0312. The van der Waals surface area contributed by atoms with E-state index in [-0.39, 0.29) is 0 Å². The Balaban J connectivity index is 1.04. The van der Waals surface area contributed by atoms with E-state index in [4.69, 9.17) is 0 Å². The van der Waals surface area contributed by atoms with E-state index in [1.54, 1.807) is 0 Å². The maximum atomic E-state index is 2.44. The number of hydrogen-bond acceptors (Lipinski definition) is 1. The Morgan fingerprint density at radius 2 is 0.662 bits per heavy atom. The van der Waals surface area contributed by atoms with Crippen molar-refractivity contribution in [1.82, 2.24) is 0 Å². The molecule has 11 aromatic rings. The first kappa shape index (κ1) is 37.3. The standard InChI is InChI=1S/C64H43N/c1-3-24-47(25-4-1)63(48-26-5-2-6-27-48)55-33-13-15-35-57(55)64(58-36-16-14-34-56(58)63)54-32-12-11-30-53(54)62-52(31-19-37-59(62)64)46-40-42-49(43-41-46)65(60-38-17-22-44-20-7-9-28-50(44)60)61-39-18-23-45-21-8-10-29-51(45)61/h1-43H. The minimum atomic E-state index is -0.554. The maximum absolute atomic E-state index is 2.44. The molecule has 1 heteroatoms. The predicted octanol–water partition coefficient (Wildman–Crippen LogP) is 16.2. The fourth-order valence-corrected chi connectivity index (χ4v) is 11.9. The summed E-state index contributed by atoms with van der Waals surface area (Å²) in [6, 6.07) is 97.1. The first-order valence-electron chi connectivity index (χ1n) is 22.7. The Morgan fingerprint density at radius 1 is 0.262 bits per heavy atom. The summed E-state index contributed by atoms with van der Waals surface area (Å²) in [4.78, 5) is 2.44. The molecule has 0 fully saturated rings. The smallest absolute Gasteiger partial charge is 0.0720 e. The van der Waals surface area contributed by atoms with Gasteiger partial charge in [0.1, 0.15) is 0 Å². The van der Waals surface area contributed by atoms with Crippen LogP contribution < -0.4 is 4.90 Å². The summed E-state index contributed by atoms with van der Waals surface area (Å²) in [5.74, 6) is 0. The van der Waals surface area contributed by atoms with Crippen molar-refractivity contribution in [2.24, 2.45) is 0 Å². The first-order chi connectivity index (χ1) is 32.3. The van der Waals surface area contributed by atoms with Gasteiger partial charge in [-0.25, -0.2) is 0 Å². The zero-order valence-electron chi connectivity index (χ0n) is 35.8. The third-order valence-corrected chi connectivity index (χ3v) is 14.4. The molecule has 0 radical (unpaired) electrons. The Morgan fingerprint density at radius 3 is 1.22 bits per heavy atom. The number of fused-ring (bicyclic) bond motifs is 11. The van der Waals surface area contributed by atoms with Gasteiger partial charge in [-0.2, -0.15) is 0 Å². The van der Waals surface area contributed by atoms with Crippen LogP contribution >= 0.6 is 0 Å². The summed E-state index contributed by atoms with van der Waals surface area (Å²) in [5.41, 5.74) is 17.8. The van der Waals surface area contributed by atoms with E-state index in [1.807, 2.05) is 0 Å². The van der Waals surface area contributed by atoms with Crippen LogP contribution in [0.5, 0.6) is 0 Å². The predicted molar refractivity (Wildman–Crippen MR) is 271 cm³/mol. The monoisotopic (exact) mass is 825 g/mol. The summed E-state index contributed by atoms with van der Waals surface area (Å²) in [6.07, 6.45) is 0. The van der Waals surface area contributed by atoms with Gasteiger partial charge in [-0.1, -0.05) is 237 Å². The molecule has 0 aromatic heterocycles. The van der Waals surface area contributed by atoms with Gasteiger partial charge in [-0.05, 0) is 102 Å². The van der Waals surface area contributed by atoms with E-state index in [0.717, 1.165) is 17.1 Å². The molecule has 1 spiro atoms. The molecule has 2 aliphatic carbocycles. The minimum Gasteiger partial charge on any atom is -0.309 e. The van der Waals surface area contributed by atoms with Crippen molar-refractivity contribution in [3.63, 3.8) is 0 Å². The Bertz CT molecular complexity index is 3430. The summed E-state index contributed by atoms with van der Waals surface area (Å²) in [6.45, 7) is 0. The zero-order chi connectivity index (χ0) is 43.0. The van der Waals surface area contributed by atoms with Crippen molar-refractivity contribution < 1.29 is 0 Å². The molecule has 13 rings (SSSR count). The van der Waals surface area contributed by atoms with Crippen molar-refractivity contribution in [1.29, 1.82) is 0 Å². The SMILES string of the molecule is c1ccc(C2(c3ccccc3)c3ccccc3C3(c4ccccc4-c4c(-c5ccc(N(c6cccc7ccccc67)c6cccc7ccccc67)cc5)cccc43)c3ccccc32)cc1. The van der Waals surface area contributed by atoms with E-state index < -0.39 is 10.8 Å². The topological polar surface area (TPSA) is 3.24 Å². The molecule has 0 saturated heterocycles. The Kier molecular flexibility index (Phi) is 8.41. The lowest BCUT2D eigenvalue weighted by molar-refractivity contribution is 0.623. The maximum Gasteiger partial charge on any atom is 0.0720 e. The molecule has 0 unspecified atom stereocenters.